The molecule has 0 heterocycles. The first-order valence-electron chi connectivity index (χ1n) is 8.50. The summed E-state index contributed by atoms with van der Waals surface area (Å²) in [5.41, 5.74) is 3.87. The predicted molar refractivity (Wildman–Crippen MR) is 105 cm³/mol. The number of methoxy groups -OCH3 is 3. The van der Waals surface area contributed by atoms with Crippen molar-refractivity contribution in [1.82, 2.24) is 10.7 Å². The van der Waals surface area contributed by atoms with E-state index in [0.29, 0.717) is 22.8 Å². The van der Waals surface area contributed by atoms with E-state index in [1.165, 1.54) is 27.5 Å². The molecule has 2 N–H and O–H groups in total. The number of carbonyl (C=O) groups excluding carboxylic acids is 2. The molecule has 0 saturated carbocycles. The van der Waals surface area contributed by atoms with Gasteiger partial charge < -0.3 is 19.5 Å². The highest BCUT2D eigenvalue weighted by molar-refractivity contribution is 5.87. The minimum absolute atomic E-state index is 0.168. The first-order valence-corrected chi connectivity index (χ1v) is 8.50. The van der Waals surface area contributed by atoms with Gasteiger partial charge in [0.05, 0.1) is 40.5 Å². The van der Waals surface area contributed by atoms with Gasteiger partial charge in [0, 0.05) is 5.56 Å². The molecule has 2 aromatic rings. The lowest BCUT2D eigenvalue weighted by atomic mass is 10.1. The molecule has 0 aromatic heterocycles. The summed E-state index contributed by atoms with van der Waals surface area (Å²) in [5, 5.41) is 6.43. The zero-order valence-electron chi connectivity index (χ0n) is 16.0. The van der Waals surface area contributed by atoms with Gasteiger partial charge in [0.2, 0.25) is 11.7 Å². The molecule has 148 valence electrons. The molecule has 0 bridgehead atoms. The number of carbonyl (C=O) groups is 2. The Kier molecular flexibility index (Phi) is 7.83. The van der Waals surface area contributed by atoms with Crippen LogP contribution >= 0.6 is 0 Å². The average Bonchev–Trinajstić information content (AvgIpc) is 2.72. The van der Waals surface area contributed by atoms with E-state index < -0.39 is 5.91 Å². The molecular weight excluding hydrogens is 362 g/mol. The number of amides is 2. The van der Waals surface area contributed by atoms with E-state index in [4.69, 9.17) is 14.2 Å². The Balaban J connectivity index is 1.86. The fraction of sp³-hybridized carbons (Fsp3) is 0.250. The zero-order chi connectivity index (χ0) is 20.4. The summed E-state index contributed by atoms with van der Waals surface area (Å²) in [6.07, 6.45) is 1.65. The molecule has 0 spiro atoms. The first kappa shape index (κ1) is 20.8. The highest BCUT2D eigenvalue weighted by Gasteiger charge is 2.12. The lowest BCUT2D eigenvalue weighted by Gasteiger charge is -2.12. The summed E-state index contributed by atoms with van der Waals surface area (Å²) < 4.78 is 15.8. The maximum Gasteiger partial charge on any atom is 0.259 e. The number of rotatable bonds is 9. The van der Waals surface area contributed by atoms with Crippen LogP contribution in [0, 0.1) is 0 Å². The Hall–Kier alpha value is -3.55. The third kappa shape index (κ3) is 6.01. The normalized spacial score (nSPS) is 10.4. The summed E-state index contributed by atoms with van der Waals surface area (Å²) in [4.78, 5) is 23.7. The molecule has 0 saturated heterocycles. The van der Waals surface area contributed by atoms with Gasteiger partial charge in [-0.05, 0) is 17.7 Å². The van der Waals surface area contributed by atoms with E-state index in [2.05, 4.69) is 15.8 Å². The van der Waals surface area contributed by atoms with Crippen LogP contribution in [0.15, 0.2) is 47.6 Å². The Morgan fingerprint density at radius 3 is 2.18 bits per heavy atom. The summed E-state index contributed by atoms with van der Waals surface area (Å²) in [6.45, 7) is -0.168. The van der Waals surface area contributed by atoms with Crippen molar-refractivity contribution >= 4 is 18.0 Å². The van der Waals surface area contributed by atoms with E-state index in [0.717, 1.165) is 5.56 Å². The van der Waals surface area contributed by atoms with E-state index in [1.54, 1.807) is 12.1 Å². The van der Waals surface area contributed by atoms with Crippen molar-refractivity contribution in [3.8, 4) is 17.2 Å². The SMILES string of the molecule is COc1cc(/C=N/NC(=O)CNC(=O)Cc2ccccc2)cc(OC)c1OC. The molecular formula is C20H23N3O5. The number of nitrogens with zero attached hydrogens (tertiary/aromatic N) is 1. The monoisotopic (exact) mass is 385 g/mol. The topological polar surface area (TPSA) is 98.2 Å². The van der Waals surface area contributed by atoms with Crippen LogP contribution in [0.4, 0.5) is 0 Å². The number of nitrogens with one attached hydrogen (secondary N) is 2. The van der Waals surface area contributed by atoms with Crippen LogP contribution in [0.5, 0.6) is 17.2 Å². The third-order valence-electron chi connectivity index (χ3n) is 3.74. The van der Waals surface area contributed by atoms with Crippen LogP contribution in [0.25, 0.3) is 0 Å². The highest BCUT2D eigenvalue weighted by atomic mass is 16.5. The van der Waals surface area contributed by atoms with Crippen LogP contribution in [0.3, 0.4) is 0 Å². The Morgan fingerprint density at radius 2 is 1.61 bits per heavy atom. The molecule has 28 heavy (non-hydrogen) atoms. The molecule has 0 atom stereocenters. The quantitative estimate of drug-likeness (QED) is 0.504. The maximum absolute atomic E-state index is 11.8. The summed E-state index contributed by atoms with van der Waals surface area (Å²) in [5.74, 6) is 0.734. The molecule has 0 aliphatic heterocycles. The maximum atomic E-state index is 11.8. The van der Waals surface area contributed by atoms with Gasteiger partial charge in [0.15, 0.2) is 11.5 Å². The van der Waals surface area contributed by atoms with Crippen LogP contribution in [-0.4, -0.2) is 45.9 Å². The number of benzene rings is 2. The van der Waals surface area contributed by atoms with E-state index in [1.807, 2.05) is 30.3 Å². The van der Waals surface area contributed by atoms with Crippen molar-refractivity contribution in [2.24, 2.45) is 5.10 Å². The largest absolute Gasteiger partial charge is 0.493 e. The van der Waals surface area contributed by atoms with Crippen LogP contribution in [0.2, 0.25) is 0 Å². The number of hydrazone groups is 1. The molecule has 0 aliphatic carbocycles. The molecule has 0 unspecified atom stereocenters. The second kappa shape index (κ2) is 10.6. The second-order valence-electron chi connectivity index (χ2n) is 5.69. The average molecular weight is 385 g/mol. The zero-order valence-corrected chi connectivity index (χ0v) is 16.0. The van der Waals surface area contributed by atoms with Gasteiger partial charge in [0.1, 0.15) is 0 Å². The van der Waals surface area contributed by atoms with Crippen molar-refractivity contribution in [3.05, 3.63) is 53.6 Å². The van der Waals surface area contributed by atoms with E-state index in [9.17, 15) is 9.59 Å². The Morgan fingerprint density at radius 1 is 0.964 bits per heavy atom. The summed E-state index contributed by atoms with van der Waals surface area (Å²) in [7, 11) is 4.54. The fourth-order valence-corrected chi connectivity index (χ4v) is 2.42. The molecule has 0 aliphatic rings. The van der Waals surface area contributed by atoms with Crippen molar-refractivity contribution in [1.29, 1.82) is 0 Å². The smallest absolute Gasteiger partial charge is 0.259 e. The van der Waals surface area contributed by atoms with Crippen LogP contribution in [0.1, 0.15) is 11.1 Å². The minimum Gasteiger partial charge on any atom is -0.493 e. The lowest BCUT2D eigenvalue weighted by Crippen LogP contribution is -2.35. The van der Waals surface area contributed by atoms with Crippen molar-refractivity contribution in [2.75, 3.05) is 27.9 Å². The van der Waals surface area contributed by atoms with Crippen molar-refractivity contribution in [2.45, 2.75) is 6.42 Å². The predicted octanol–water partition coefficient (Wildman–Crippen LogP) is 1.52. The van der Waals surface area contributed by atoms with Crippen LogP contribution in [-0.2, 0) is 16.0 Å². The first-order chi connectivity index (χ1) is 13.6. The van der Waals surface area contributed by atoms with Gasteiger partial charge in [-0.3, -0.25) is 9.59 Å². The summed E-state index contributed by atoms with van der Waals surface area (Å²) >= 11 is 0. The third-order valence-corrected chi connectivity index (χ3v) is 3.74. The lowest BCUT2D eigenvalue weighted by molar-refractivity contribution is -0.125. The van der Waals surface area contributed by atoms with Crippen molar-refractivity contribution < 1.29 is 23.8 Å². The van der Waals surface area contributed by atoms with Crippen molar-refractivity contribution in [3.63, 3.8) is 0 Å². The highest BCUT2D eigenvalue weighted by Crippen LogP contribution is 2.37. The number of hydrogen-bond acceptors (Lipinski definition) is 6. The van der Waals surface area contributed by atoms with Gasteiger partial charge in [-0.15, -0.1) is 0 Å². The van der Waals surface area contributed by atoms with Gasteiger partial charge in [-0.1, -0.05) is 30.3 Å². The van der Waals surface area contributed by atoms with Gasteiger partial charge in [-0.2, -0.15) is 5.10 Å². The second-order valence-corrected chi connectivity index (χ2v) is 5.69. The number of ether oxygens (including phenoxy) is 3. The molecule has 2 aromatic carbocycles. The minimum atomic E-state index is -0.440. The fourth-order valence-electron chi connectivity index (χ4n) is 2.42. The molecule has 8 heteroatoms. The van der Waals surface area contributed by atoms with Gasteiger partial charge >= 0.3 is 0 Å². The van der Waals surface area contributed by atoms with Gasteiger partial charge in [0.25, 0.3) is 5.91 Å². The number of hydrogen-bond donors (Lipinski definition) is 2. The Bertz CT molecular complexity index is 812. The summed E-state index contributed by atoms with van der Waals surface area (Å²) in [6, 6.07) is 12.7. The molecule has 2 rings (SSSR count). The van der Waals surface area contributed by atoms with Crippen LogP contribution < -0.4 is 25.0 Å². The van der Waals surface area contributed by atoms with Gasteiger partial charge in [-0.25, -0.2) is 5.43 Å². The molecule has 2 amide bonds. The Labute approximate surface area is 163 Å². The molecule has 0 radical (unpaired) electrons. The molecule has 0 fully saturated rings. The standard InChI is InChI=1S/C20H23N3O5/c1-26-16-9-15(10-17(27-2)20(16)28-3)12-22-23-19(25)13-21-18(24)11-14-7-5-4-6-8-14/h4-10,12H,11,13H2,1-3H3,(H,21,24)(H,23,25)/b22-12+. The molecule has 8 nitrogen and oxygen atoms in total. The van der Waals surface area contributed by atoms with E-state index >= 15 is 0 Å². The van der Waals surface area contributed by atoms with E-state index in [-0.39, 0.29) is 18.9 Å².